The van der Waals surface area contributed by atoms with Crippen molar-refractivity contribution in [2.75, 3.05) is 14.1 Å². The van der Waals surface area contributed by atoms with Crippen LogP contribution >= 0.6 is 31.9 Å². The van der Waals surface area contributed by atoms with Gasteiger partial charge in [-0.05, 0) is 73.3 Å². The minimum absolute atomic E-state index is 0.0165. The van der Waals surface area contributed by atoms with E-state index in [1.165, 1.54) is 23.1 Å². The van der Waals surface area contributed by atoms with Gasteiger partial charge >= 0.3 is 0 Å². The van der Waals surface area contributed by atoms with Gasteiger partial charge in [-0.3, -0.25) is 14.9 Å². The number of carbonyl (C=O) groups is 1. The van der Waals surface area contributed by atoms with Crippen molar-refractivity contribution in [2.24, 2.45) is 0 Å². The number of rotatable bonds is 6. The number of nitrogens with zero attached hydrogens (tertiary/aromatic N) is 3. The summed E-state index contributed by atoms with van der Waals surface area (Å²) in [4.78, 5) is 23.6. The summed E-state index contributed by atoms with van der Waals surface area (Å²) in [5.74, 6) is 0.154. The minimum atomic E-state index is -0.458. The number of non-ortho nitro benzene ring substituents is 1. The Morgan fingerprint density at radius 1 is 1.25 bits per heavy atom. The van der Waals surface area contributed by atoms with Crippen LogP contribution < -0.4 is 4.74 Å². The van der Waals surface area contributed by atoms with E-state index in [-0.39, 0.29) is 23.8 Å². The fraction of sp³-hybridized carbons (Fsp3) is 0.158. The maximum absolute atomic E-state index is 12.0. The van der Waals surface area contributed by atoms with Crippen LogP contribution in [-0.2, 0) is 11.4 Å². The summed E-state index contributed by atoms with van der Waals surface area (Å²) in [6.07, 6.45) is 1.50. The number of nitro groups is 1. The molecule has 0 N–H and O–H groups in total. The Kier molecular flexibility index (Phi) is 7.31. The van der Waals surface area contributed by atoms with Gasteiger partial charge in [0.2, 0.25) is 0 Å². The number of carbonyl (C=O) groups excluding carboxylic acids is 1. The molecule has 0 aliphatic heterocycles. The summed E-state index contributed by atoms with van der Waals surface area (Å²) in [6, 6.07) is 11.5. The van der Waals surface area contributed by atoms with Crippen LogP contribution in [0.1, 0.15) is 11.1 Å². The van der Waals surface area contributed by atoms with Gasteiger partial charge in [0.1, 0.15) is 24.0 Å². The number of ether oxygens (including phenoxy) is 1. The quantitative estimate of drug-likeness (QED) is 0.244. The van der Waals surface area contributed by atoms with Crippen LogP contribution in [0.2, 0.25) is 0 Å². The molecular weight excluding hydrogens is 494 g/mol. The summed E-state index contributed by atoms with van der Waals surface area (Å²) in [5, 5.41) is 19.9. The predicted molar refractivity (Wildman–Crippen MR) is 112 cm³/mol. The first kappa shape index (κ1) is 21.6. The summed E-state index contributed by atoms with van der Waals surface area (Å²) in [5.41, 5.74) is 1.45. The van der Waals surface area contributed by atoms with Crippen molar-refractivity contribution < 1.29 is 14.5 Å². The number of amides is 1. The first-order valence-corrected chi connectivity index (χ1v) is 9.50. The lowest BCUT2D eigenvalue weighted by molar-refractivity contribution is -0.384. The van der Waals surface area contributed by atoms with E-state index in [0.717, 1.165) is 5.56 Å². The van der Waals surface area contributed by atoms with Crippen LogP contribution in [-0.4, -0.2) is 29.8 Å². The second-order valence-corrected chi connectivity index (χ2v) is 7.60. The topological polar surface area (TPSA) is 96.5 Å². The van der Waals surface area contributed by atoms with Crippen molar-refractivity contribution >= 4 is 49.5 Å². The number of nitriles is 1. The maximum atomic E-state index is 12.0. The van der Waals surface area contributed by atoms with Crippen molar-refractivity contribution in [3.63, 3.8) is 0 Å². The molecule has 0 unspecified atom stereocenters. The highest BCUT2D eigenvalue weighted by atomic mass is 79.9. The van der Waals surface area contributed by atoms with Gasteiger partial charge in [-0.25, -0.2) is 0 Å². The highest BCUT2D eigenvalue weighted by Gasteiger charge is 2.14. The van der Waals surface area contributed by atoms with E-state index in [1.807, 2.05) is 6.07 Å². The van der Waals surface area contributed by atoms with Gasteiger partial charge in [0.25, 0.3) is 11.6 Å². The summed E-state index contributed by atoms with van der Waals surface area (Å²) in [6.45, 7) is 0.215. The van der Waals surface area contributed by atoms with Crippen LogP contribution in [0.25, 0.3) is 6.08 Å². The third-order valence-corrected chi connectivity index (χ3v) is 4.80. The molecule has 0 saturated heterocycles. The molecule has 0 aliphatic carbocycles. The zero-order valence-electron chi connectivity index (χ0n) is 15.0. The average molecular weight is 509 g/mol. The Morgan fingerprint density at radius 2 is 1.82 bits per heavy atom. The maximum Gasteiger partial charge on any atom is 0.269 e. The molecule has 0 fully saturated rings. The van der Waals surface area contributed by atoms with Crippen molar-refractivity contribution in [3.8, 4) is 11.8 Å². The van der Waals surface area contributed by atoms with E-state index in [0.29, 0.717) is 20.3 Å². The van der Waals surface area contributed by atoms with Gasteiger partial charge in [0, 0.05) is 26.2 Å². The molecule has 0 radical (unpaired) electrons. The van der Waals surface area contributed by atoms with Crippen LogP contribution in [0.4, 0.5) is 5.69 Å². The number of hydrogen-bond donors (Lipinski definition) is 0. The van der Waals surface area contributed by atoms with Crippen molar-refractivity contribution in [1.29, 1.82) is 5.26 Å². The standard InChI is InChI=1S/C19H15Br2N3O4/c1-23(2)19(25)14(10-22)7-13-8-16(20)18(17(21)9-13)28-11-12-3-5-15(6-4-12)24(26)27/h3-9H,11H2,1-2H3/b14-7-. The molecule has 2 aromatic carbocycles. The van der Waals surface area contributed by atoms with Gasteiger partial charge in [0.05, 0.1) is 13.9 Å². The van der Waals surface area contributed by atoms with E-state index in [1.54, 1.807) is 38.4 Å². The predicted octanol–water partition coefficient (Wildman–Crippen LogP) is 4.69. The summed E-state index contributed by atoms with van der Waals surface area (Å²) >= 11 is 6.86. The molecule has 0 bridgehead atoms. The Labute approximate surface area is 178 Å². The normalized spacial score (nSPS) is 10.9. The van der Waals surface area contributed by atoms with E-state index >= 15 is 0 Å². The second kappa shape index (κ2) is 9.48. The van der Waals surface area contributed by atoms with E-state index in [2.05, 4.69) is 31.9 Å². The number of halogens is 2. The Hall–Kier alpha value is -2.70. The Morgan fingerprint density at radius 3 is 2.29 bits per heavy atom. The van der Waals surface area contributed by atoms with Gasteiger partial charge in [-0.1, -0.05) is 0 Å². The smallest absolute Gasteiger partial charge is 0.269 e. The fourth-order valence-corrected chi connectivity index (χ4v) is 3.67. The molecule has 144 valence electrons. The van der Waals surface area contributed by atoms with Crippen molar-refractivity contribution in [3.05, 3.63) is 72.2 Å². The van der Waals surface area contributed by atoms with E-state index < -0.39 is 4.92 Å². The summed E-state index contributed by atoms with van der Waals surface area (Å²) < 4.78 is 7.06. The van der Waals surface area contributed by atoms with Crippen LogP contribution in [0.3, 0.4) is 0 Å². The molecule has 9 heteroatoms. The molecule has 0 heterocycles. The molecule has 0 aromatic heterocycles. The lowest BCUT2D eigenvalue weighted by Crippen LogP contribution is -2.22. The van der Waals surface area contributed by atoms with Crippen LogP contribution in [0, 0.1) is 21.4 Å². The number of benzene rings is 2. The zero-order chi connectivity index (χ0) is 20.8. The van der Waals surface area contributed by atoms with E-state index in [9.17, 15) is 20.2 Å². The SMILES string of the molecule is CN(C)C(=O)/C(C#N)=C\c1cc(Br)c(OCc2ccc([N+](=O)[O-])cc2)c(Br)c1. The van der Waals surface area contributed by atoms with E-state index in [4.69, 9.17) is 4.74 Å². The highest BCUT2D eigenvalue weighted by molar-refractivity contribution is 9.11. The summed E-state index contributed by atoms with van der Waals surface area (Å²) in [7, 11) is 3.16. The molecule has 0 spiro atoms. The first-order chi connectivity index (χ1) is 13.2. The Balaban J connectivity index is 2.20. The molecule has 0 saturated carbocycles. The third kappa shape index (κ3) is 5.41. The van der Waals surface area contributed by atoms with Crippen LogP contribution in [0.5, 0.6) is 5.75 Å². The first-order valence-electron chi connectivity index (χ1n) is 7.91. The molecule has 7 nitrogen and oxygen atoms in total. The van der Waals surface area contributed by atoms with Gasteiger partial charge in [0.15, 0.2) is 0 Å². The monoisotopic (exact) mass is 507 g/mol. The largest absolute Gasteiger partial charge is 0.487 e. The lowest BCUT2D eigenvalue weighted by Gasteiger charge is -2.12. The number of likely N-dealkylation sites (N-methyl/N-ethyl adjacent to an activating group) is 1. The highest BCUT2D eigenvalue weighted by Crippen LogP contribution is 2.36. The molecular formula is C19H15Br2N3O4. The second-order valence-electron chi connectivity index (χ2n) is 5.90. The number of nitro benzene ring substituents is 1. The van der Waals surface area contributed by atoms with Crippen molar-refractivity contribution in [1.82, 2.24) is 4.90 Å². The van der Waals surface area contributed by atoms with Crippen molar-refractivity contribution in [2.45, 2.75) is 6.61 Å². The van der Waals surface area contributed by atoms with Gasteiger partial charge in [-0.2, -0.15) is 5.26 Å². The molecule has 0 atom stereocenters. The van der Waals surface area contributed by atoms with Gasteiger partial charge < -0.3 is 9.64 Å². The molecule has 1 amide bonds. The zero-order valence-corrected chi connectivity index (χ0v) is 18.2. The third-order valence-electron chi connectivity index (χ3n) is 3.62. The Bertz CT molecular complexity index is 957. The average Bonchev–Trinajstić information content (AvgIpc) is 2.65. The molecule has 2 aromatic rings. The molecule has 2 rings (SSSR count). The van der Waals surface area contributed by atoms with Gasteiger partial charge in [-0.15, -0.1) is 0 Å². The fourth-order valence-electron chi connectivity index (χ4n) is 2.22. The lowest BCUT2D eigenvalue weighted by atomic mass is 10.1. The minimum Gasteiger partial charge on any atom is -0.487 e. The van der Waals surface area contributed by atoms with Crippen LogP contribution in [0.15, 0.2) is 50.9 Å². The molecule has 28 heavy (non-hydrogen) atoms. The molecule has 0 aliphatic rings. The number of hydrogen-bond acceptors (Lipinski definition) is 5.